The lowest BCUT2D eigenvalue weighted by Gasteiger charge is -2.22. The fraction of sp³-hybridized carbons (Fsp3) is 0.294. The maximum atomic E-state index is 4.57. The maximum Gasteiger partial charge on any atom is 0.204 e. The van der Waals surface area contributed by atoms with Gasteiger partial charge in [-0.1, -0.05) is 41.7 Å². The monoisotopic (exact) mass is 297 g/mol. The maximum absolute atomic E-state index is 4.57. The van der Waals surface area contributed by atoms with Gasteiger partial charge in [-0.05, 0) is 50.3 Å². The third kappa shape index (κ3) is 3.05. The van der Waals surface area contributed by atoms with Crippen LogP contribution in [0.3, 0.4) is 0 Å². The van der Waals surface area contributed by atoms with E-state index >= 15 is 0 Å². The molecular formula is C17H19N3S. The largest absolute Gasteiger partial charge is 0.252 e. The summed E-state index contributed by atoms with van der Waals surface area (Å²) in [4.78, 5) is 4.54. The van der Waals surface area contributed by atoms with Gasteiger partial charge in [0.25, 0.3) is 0 Å². The smallest absolute Gasteiger partial charge is 0.204 e. The highest BCUT2D eigenvalue weighted by atomic mass is 32.1. The first kappa shape index (κ1) is 14.0. The highest BCUT2D eigenvalue weighted by Crippen LogP contribution is 2.28. The van der Waals surface area contributed by atoms with Crippen LogP contribution in [0.4, 0.5) is 5.13 Å². The average molecular weight is 297 g/mol. The quantitative estimate of drug-likeness (QED) is 0.639. The lowest BCUT2D eigenvalue weighted by Crippen LogP contribution is -2.16. The summed E-state index contributed by atoms with van der Waals surface area (Å²) >= 11 is 1.63. The molecule has 1 atom stereocenters. The Hall–Kier alpha value is -1.94. The molecule has 1 aromatic carbocycles. The van der Waals surface area contributed by atoms with Crippen LogP contribution in [0.5, 0.6) is 0 Å². The molecule has 1 heterocycles. The minimum Gasteiger partial charge on any atom is -0.252 e. The van der Waals surface area contributed by atoms with Crippen LogP contribution in [-0.2, 0) is 0 Å². The lowest BCUT2D eigenvalue weighted by molar-refractivity contribution is 0.639. The molecule has 0 spiro atoms. The van der Waals surface area contributed by atoms with Crippen molar-refractivity contribution in [3.63, 3.8) is 0 Å². The summed E-state index contributed by atoms with van der Waals surface area (Å²) in [5.74, 6) is 0.504. The van der Waals surface area contributed by atoms with Crippen molar-refractivity contribution in [2.24, 2.45) is 11.0 Å². The number of rotatable bonds is 3. The highest BCUT2D eigenvalue weighted by molar-refractivity contribution is 7.22. The van der Waals surface area contributed by atoms with E-state index in [4.69, 9.17) is 0 Å². The van der Waals surface area contributed by atoms with Gasteiger partial charge in [0.05, 0.1) is 15.9 Å². The summed E-state index contributed by atoms with van der Waals surface area (Å²) in [5.41, 5.74) is 7.72. The summed E-state index contributed by atoms with van der Waals surface area (Å²) in [7, 11) is 0. The Bertz CT molecular complexity index is 706. The van der Waals surface area contributed by atoms with E-state index in [1.165, 1.54) is 15.8 Å². The number of aromatic nitrogens is 1. The van der Waals surface area contributed by atoms with Gasteiger partial charge in [0.1, 0.15) is 0 Å². The van der Waals surface area contributed by atoms with Gasteiger partial charge in [0.15, 0.2) is 0 Å². The number of hydrogen-bond acceptors (Lipinski definition) is 4. The van der Waals surface area contributed by atoms with Gasteiger partial charge in [0, 0.05) is 0 Å². The number of nitrogens with zero attached hydrogens (tertiary/aromatic N) is 2. The van der Waals surface area contributed by atoms with Crippen molar-refractivity contribution < 1.29 is 0 Å². The third-order valence-corrected chi connectivity index (χ3v) is 4.82. The molecule has 3 nitrogen and oxygen atoms in total. The summed E-state index contributed by atoms with van der Waals surface area (Å²) < 4.78 is 1.18. The first-order chi connectivity index (χ1) is 10.1. The SMILES string of the molecule is C=C(C)[C@H]1CC=C(C)/C(=N\Nc2nc3ccccc3s2)C1. The molecule has 0 radical (unpaired) electrons. The van der Waals surface area contributed by atoms with Crippen LogP contribution in [0.1, 0.15) is 26.7 Å². The Morgan fingerprint density at radius 3 is 3.00 bits per heavy atom. The van der Waals surface area contributed by atoms with E-state index in [0.29, 0.717) is 5.92 Å². The first-order valence-corrected chi connectivity index (χ1v) is 7.96. The van der Waals surface area contributed by atoms with Gasteiger partial charge in [-0.25, -0.2) is 4.98 Å². The zero-order valence-corrected chi connectivity index (χ0v) is 13.2. The second-order valence-corrected chi connectivity index (χ2v) is 6.56. The predicted molar refractivity (Wildman–Crippen MR) is 92.0 cm³/mol. The Morgan fingerprint density at radius 1 is 1.43 bits per heavy atom. The van der Waals surface area contributed by atoms with Crippen LogP contribution in [0, 0.1) is 5.92 Å². The molecule has 0 fully saturated rings. The molecule has 0 unspecified atom stereocenters. The fourth-order valence-electron chi connectivity index (χ4n) is 2.46. The summed E-state index contributed by atoms with van der Waals surface area (Å²) in [6.07, 6.45) is 4.28. The van der Waals surface area contributed by atoms with Crippen molar-refractivity contribution in [3.05, 3.63) is 48.1 Å². The number of thiazole rings is 1. The molecule has 0 saturated heterocycles. The molecular weight excluding hydrogens is 278 g/mol. The van der Waals surface area contributed by atoms with Gasteiger partial charge < -0.3 is 0 Å². The second kappa shape index (κ2) is 5.82. The molecule has 0 bridgehead atoms. The minimum absolute atomic E-state index is 0.504. The number of para-hydroxylation sites is 1. The summed E-state index contributed by atoms with van der Waals surface area (Å²) in [5, 5.41) is 5.41. The molecule has 0 saturated carbocycles. The van der Waals surface area contributed by atoms with E-state index in [-0.39, 0.29) is 0 Å². The zero-order chi connectivity index (χ0) is 14.8. The first-order valence-electron chi connectivity index (χ1n) is 7.14. The molecule has 0 amide bonds. The van der Waals surface area contributed by atoms with Gasteiger partial charge in [-0.2, -0.15) is 5.10 Å². The normalized spacial score (nSPS) is 20.6. The molecule has 2 aromatic rings. The van der Waals surface area contributed by atoms with Gasteiger partial charge in [-0.3, -0.25) is 5.43 Å². The molecule has 4 heteroatoms. The molecule has 108 valence electrons. The van der Waals surface area contributed by atoms with Crippen molar-refractivity contribution in [2.75, 3.05) is 5.43 Å². The fourth-order valence-corrected chi connectivity index (χ4v) is 3.27. The number of hydrogen-bond donors (Lipinski definition) is 1. The van der Waals surface area contributed by atoms with E-state index in [1.807, 2.05) is 18.2 Å². The van der Waals surface area contributed by atoms with Crippen LogP contribution in [-0.4, -0.2) is 10.7 Å². The van der Waals surface area contributed by atoms with Crippen molar-refractivity contribution >= 4 is 32.4 Å². The van der Waals surface area contributed by atoms with Crippen molar-refractivity contribution in [1.82, 2.24) is 4.98 Å². The molecule has 0 aliphatic heterocycles. The minimum atomic E-state index is 0.504. The van der Waals surface area contributed by atoms with Crippen LogP contribution < -0.4 is 5.43 Å². The van der Waals surface area contributed by atoms with Crippen LogP contribution >= 0.6 is 11.3 Å². The topological polar surface area (TPSA) is 37.3 Å². The Morgan fingerprint density at radius 2 is 2.24 bits per heavy atom. The van der Waals surface area contributed by atoms with Gasteiger partial charge in [0.2, 0.25) is 5.13 Å². The molecule has 1 aliphatic rings. The van der Waals surface area contributed by atoms with E-state index in [2.05, 4.69) is 48.1 Å². The Labute approximate surface area is 129 Å². The molecule has 1 aromatic heterocycles. The standard InChI is InChI=1S/C17H19N3S/c1-11(2)13-9-8-12(3)15(10-13)19-20-17-18-14-6-4-5-7-16(14)21-17/h4-8,13H,1,9-10H2,2-3H3,(H,18,20)/b19-15-/t13-/m0/s1. The van der Waals surface area contributed by atoms with E-state index < -0.39 is 0 Å². The molecule has 3 rings (SSSR count). The van der Waals surface area contributed by atoms with Crippen molar-refractivity contribution in [3.8, 4) is 0 Å². The number of fused-ring (bicyclic) bond motifs is 1. The van der Waals surface area contributed by atoms with Crippen molar-refractivity contribution in [2.45, 2.75) is 26.7 Å². The van der Waals surface area contributed by atoms with Crippen molar-refractivity contribution in [1.29, 1.82) is 0 Å². The van der Waals surface area contributed by atoms with Gasteiger partial charge >= 0.3 is 0 Å². The molecule has 1 aliphatic carbocycles. The third-order valence-electron chi connectivity index (χ3n) is 3.88. The molecule has 21 heavy (non-hydrogen) atoms. The van der Waals surface area contributed by atoms with Crippen LogP contribution in [0.2, 0.25) is 0 Å². The Balaban J connectivity index is 1.79. The molecule has 1 N–H and O–H groups in total. The number of allylic oxidation sites excluding steroid dienone is 3. The lowest BCUT2D eigenvalue weighted by atomic mass is 9.85. The van der Waals surface area contributed by atoms with Gasteiger partial charge in [-0.15, -0.1) is 0 Å². The second-order valence-electron chi connectivity index (χ2n) is 5.53. The Kier molecular flexibility index (Phi) is 3.88. The van der Waals surface area contributed by atoms with Crippen LogP contribution in [0.15, 0.2) is 53.2 Å². The van der Waals surface area contributed by atoms with Crippen LogP contribution in [0.25, 0.3) is 10.2 Å². The average Bonchev–Trinajstić information content (AvgIpc) is 2.89. The zero-order valence-electron chi connectivity index (χ0n) is 12.4. The summed E-state index contributed by atoms with van der Waals surface area (Å²) in [6.45, 7) is 8.28. The number of nitrogens with one attached hydrogen (secondary N) is 1. The number of hydrazone groups is 1. The van der Waals surface area contributed by atoms with E-state index in [9.17, 15) is 0 Å². The predicted octanol–water partition coefficient (Wildman–Crippen LogP) is 5.00. The summed E-state index contributed by atoms with van der Waals surface area (Å²) in [6, 6.07) is 8.13. The highest BCUT2D eigenvalue weighted by Gasteiger charge is 2.18. The van der Waals surface area contributed by atoms with E-state index in [1.54, 1.807) is 11.3 Å². The number of benzene rings is 1. The number of anilines is 1. The van der Waals surface area contributed by atoms with E-state index in [0.717, 1.165) is 29.2 Å².